The quantitative estimate of drug-likeness (QED) is 0.838. The number of furan rings is 1. The van der Waals surface area contributed by atoms with Gasteiger partial charge in [0.25, 0.3) is 0 Å². The van der Waals surface area contributed by atoms with E-state index in [1.165, 1.54) is 0 Å². The molecular formula is C19H22O3. The SMILES string of the molecule is CC1=C2CCC[C@H](O)[C@@]2(C)C/C(=C\C=C\c2ccco2)C1=O. The second kappa shape index (κ2) is 5.73. The second-order valence-electron chi connectivity index (χ2n) is 6.50. The van der Waals surface area contributed by atoms with Gasteiger partial charge in [-0.3, -0.25) is 4.79 Å². The van der Waals surface area contributed by atoms with Crippen molar-refractivity contribution in [1.82, 2.24) is 0 Å². The van der Waals surface area contributed by atoms with E-state index in [4.69, 9.17) is 4.42 Å². The van der Waals surface area contributed by atoms with Crippen molar-refractivity contribution >= 4 is 11.9 Å². The molecule has 116 valence electrons. The van der Waals surface area contributed by atoms with Gasteiger partial charge in [0, 0.05) is 11.0 Å². The van der Waals surface area contributed by atoms with Crippen molar-refractivity contribution in [3.05, 3.63) is 53.0 Å². The van der Waals surface area contributed by atoms with Crippen LogP contribution in [0.4, 0.5) is 0 Å². The Morgan fingerprint density at radius 1 is 1.45 bits per heavy atom. The predicted octanol–water partition coefficient (Wildman–Crippen LogP) is 4.06. The lowest BCUT2D eigenvalue weighted by molar-refractivity contribution is -0.113. The minimum atomic E-state index is -0.364. The first kappa shape index (κ1) is 15.0. The third kappa shape index (κ3) is 2.50. The molecule has 0 bridgehead atoms. The molecule has 3 rings (SSSR count). The van der Waals surface area contributed by atoms with Gasteiger partial charge in [-0.05, 0) is 56.4 Å². The highest BCUT2D eigenvalue weighted by Gasteiger charge is 2.45. The fourth-order valence-corrected chi connectivity index (χ4v) is 3.75. The Kier molecular flexibility index (Phi) is 3.92. The number of ketones is 1. The molecule has 22 heavy (non-hydrogen) atoms. The summed E-state index contributed by atoms with van der Waals surface area (Å²) < 4.78 is 5.24. The van der Waals surface area contributed by atoms with E-state index >= 15 is 0 Å². The Morgan fingerprint density at radius 3 is 3.00 bits per heavy atom. The van der Waals surface area contributed by atoms with E-state index in [0.29, 0.717) is 6.42 Å². The first-order valence-corrected chi connectivity index (χ1v) is 7.86. The lowest BCUT2D eigenvalue weighted by atomic mass is 9.61. The van der Waals surface area contributed by atoms with E-state index < -0.39 is 0 Å². The summed E-state index contributed by atoms with van der Waals surface area (Å²) in [7, 11) is 0. The number of rotatable bonds is 2. The van der Waals surface area contributed by atoms with Crippen molar-refractivity contribution in [3.8, 4) is 0 Å². The maximum atomic E-state index is 12.6. The van der Waals surface area contributed by atoms with Gasteiger partial charge >= 0.3 is 0 Å². The zero-order chi connectivity index (χ0) is 15.7. The van der Waals surface area contributed by atoms with Gasteiger partial charge in [0.15, 0.2) is 5.78 Å². The Hall–Kier alpha value is -1.87. The van der Waals surface area contributed by atoms with Crippen LogP contribution in [0.15, 0.2) is 51.7 Å². The summed E-state index contributed by atoms with van der Waals surface area (Å²) in [5, 5.41) is 10.5. The van der Waals surface area contributed by atoms with Crippen molar-refractivity contribution in [3.63, 3.8) is 0 Å². The van der Waals surface area contributed by atoms with E-state index in [2.05, 4.69) is 6.92 Å². The Balaban J connectivity index is 1.91. The summed E-state index contributed by atoms with van der Waals surface area (Å²) in [6.45, 7) is 3.99. The Labute approximate surface area is 131 Å². The summed E-state index contributed by atoms with van der Waals surface area (Å²) in [5.41, 5.74) is 2.46. The molecule has 3 heteroatoms. The zero-order valence-corrected chi connectivity index (χ0v) is 13.1. The molecule has 2 aliphatic carbocycles. The smallest absolute Gasteiger partial charge is 0.184 e. The molecule has 1 aromatic rings. The average molecular weight is 298 g/mol. The standard InChI is InChI=1S/C19H22O3/c1-13-16-9-4-10-17(20)19(16,2)12-14(18(13)21)6-3-7-15-8-5-11-22-15/h3,5-8,11,17,20H,4,9-10,12H2,1-2H3/b7-3+,14-6+/t17-,19-/m0/s1. The lowest BCUT2D eigenvalue weighted by Crippen LogP contribution is -2.42. The highest BCUT2D eigenvalue weighted by Crippen LogP contribution is 2.50. The summed E-state index contributed by atoms with van der Waals surface area (Å²) in [6.07, 6.45) is 10.1. The minimum Gasteiger partial charge on any atom is -0.465 e. The van der Waals surface area contributed by atoms with Gasteiger partial charge in [-0.1, -0.05) is 24.6 Å². The van der Waals surface area contributed by atoms with Crippen LogP contribution in [-0.4, -0.2) is 17.0 Å². The van der Waals surface area contributed by atoms with Gasteiger partial charge in [0.1, 0.15) is 5.76 Å². The normalized spacial score (nSPS) is 31.1. The third-order valence-corrected chi connectivity index (χ3v) is 5.07. The number of aliphatic hydroxyl groups is 1. The van der Waals surface area contributed by atoms with Crippen LogP contribution in [0.3, 0.4) is 0 Å². The molecule has 1 N–H and O–H groups in total. The molecule has 0 radical (unpaired) electrons. The highest BCUT2D eigenvalue weighted by atomic mass is 16.3. The van der Waals surface area contributed by atoms with Crippen LogP contribution in [0.5, 0.6) is 0 Å². The van der Waals surface area contributed by atoms with Crippen molar-refractivity contribution in [2.45, 2.75) is 45.6 Å². The lowest BCUT2D eigenvalue weighted by Gasteiger charge is -2.45. The van der Waals surface area contributed by atoms with Crippen LogP contribution < -0.4 is 0 Å². The third-order valence-electron chi connectivity index (χ3n) is 5.07. The van der Waals surface area contributed by atoms with Crippen LogP contribution in [0.2, 0.25) is 0 Å². The zero-order valence-electron chi connectivity index (χ0n) is 13.1. The van der Waals surface area contributed by atoms with E-state index in [9.17, 15) is 9.90 Å². The van der Waals surface area contributed by atoms with Gasteiger partial charge in [-0.2, -0.15) is 0 Å². The van der Waals surface area contributed by atoms with E-state index in [-0.39, 0.29) is 17.3 Å². The summed E-state index contributed by atoms with van der Waals surface area (Å²) in [4.78, 5) is 12.6. The fourth-order valence-electron chi connectivity index (χ4n) is 3.75. The number of aliphatic hydroxyl groups excluding tert-OH is 1. The van der Waals surface area contributed by atoms with Crippen LogP contribution in [-0.2, 0) is 4.79 Å². The van der Waals surface area contributed by atoms with Crippen LogP contribution in [0, 0.1) is 5.41 Å². The molecule has 0 amide bonds. The molecule has 1 fully saturated rings. The van der Waals surface area contributed by atoms with Gasteiger partial charge in [-0.25, -0.2) is 0 Å². The first-order chi connectivity index (χ1) is 10.5. The number of allylic oxidation sites excluding steroid dienone is 4. The summed E-state index contributed by atoms with van der Waals surface area (Å²) >= 11 is 0. The van der Waals surface area contributed by atoms with Crippen molar-refractivity contribution in [2.75, 3.05) is 0 Å². The number of hydrogen-bond acceptors (Lipinski definition) is 3. The fraction of sp³-hybridized carbons (Fsp3) is 0.421. The molecular weight excluding hydrogens is 276 g/mol. The number of Topliss-reactive ketones (excluding diaryl/α,β-unsaturated/α-hetero) is 1. The van der Waals surface area contributed by atoms with Crippen LogP contribution in [0.25, 0.3) is 6.08 Å². The number of carbonyl (C=O) groups excluding carboxylic acids is 1. The van der Waals surface area contributed by atoms with Crippen LogP contribution >= 0.6 is 0 Å². The summed E-state index contributed by atoms with van der Waals surface area (Å²) in [5.74, 6) is 0.877. The number of fused-ring (bicyclic) bond motifs is 1. The molecule has 1 heterocycles. The number of hydrogen-bond donors (Lipinski definition) is 1. The van der Waals surface area contributed by atoms with Gasteiger partial charge in [0.05, 0.1) is 12.4 Å². The molecule has 3 nitrogen and oxygen atoms in total. The van der Waals surface area contributed by atoms with Crippen molar-refractivity contribution in [2.24, 2.45) is 5.41 Å². The molecule has 0 saturated heterocycles. The monoisotopic (exact) mass is 298 g/mol. The Morgan fingerprint density at radius 2 is 2.27 bits per heavy atom. The van der Waals surface area contributed by atoms with Crippen molar-refractivity contribution < 1.29 is 14.3 Å². The largest absolute Gasteiger partial charge is 0.465 e. The average Bonchev–Trinajstić information content (AvgIpc) is 3.00. The van der Waals surface area contributed by atoms with Gasteiger partial charge in [-0.15, -0.1) is 0 Å². The maximum Gasteiger partial charge on any atom is 0.184 e. The van der Waals surface area contributed by atoms with Gasteiger partial charge in [0.2, 0.25) is 0 Å². The molecule has 0 aromatic carbocycles. The first-order valence-electron chi connectivity index (χ1n) is 7.86. The van der Waals surface area contributed by atoms with Crippen LogP contribution in [0.1, 0.15) is 45.3 Å². The van der Waals surface area contributed by atoms with E-state index in [0.717, 1.165) is 41.7 Å². The molecule has 0 aliphatic heterocycles. The Bertz CT molecular complexity index is 661. The molecule has 1 saturated carbocycles. The molecule has 2 aliphatic rings. The second-order valence-corrected chi connectivity index (χ2v) is 6.50. The molecule has 0 unspecified atom stereocenters. The minimum absolute atomic E-state index is 0.116. The summed E-state index contributed by atoms with van der Waals surface area (Å²) in [6, 6.07) is 3.70. The molecule has 0 spiro atoms. The highest BCUT2D eigenvalue weighted by molar-refractivity contribution is 6.09. The number of carbonyl (C=O) groups is 1. The van der Waals surface area contributed by atoms with Gasteiger partial charge < -0.3 is 9.52 Å². The predicted molar refractivity (Wildman–Crippen MR) is 86.1 cm³/mol. The van der Waals surface area contributed by atoms with E-state index in [1.807, 2.05) is 37.3 Å². The van der Waals surface area contributed by atoms with E-state index in [1.54, 1.807) is 6.26 Å². The maximum absolute atomic E-state index is 12.6. The molecule has 1 aromatic heterocycles. The molecule has 2 atom stereocenters. The van der Waals surface area contributed by atoms with Crippen molar-refractivity contribution in [1.29, 1.82) is 0 Å². The topological polar surface area (TPSA) is 50.4 Å².